The zero-order chi connectivity index (χ0) is 16.5. The van der Waals surface area contributed by atoms with Gasteiger partial charge in [-0.25, -0.2) is 0 Å². The molecule has 0 saturated heterocycles. The van der Waals surface area contributed by atoms with E-state index in [2.05, 4.69) is 15.5 Å². The number of carbonyl (C=O) groups excluding carboxylic acids is 1. The molecule has 7 heteroatoms. The van der Waals surface area contributed by atoms with Crippen LogP contribution in [0.15, 0.2) is 48.8 Å². The van der Waals surface area contributed by atoms with Gasteiger partial charge >= 0.3 is 0 Å². The van der Waals surface area contributed by atoms with E-state index >= 15 is 0 Å². The molecule has 0 aliphatic carbocycles. The molecule has 0 bridgehead atoms. The maximum atomic E-state index is 12.4. The highest BCUT2D eigenvalue weighted by molar-refractivity contribution is 6.04. The second-order valence-electron chi connectivity index (χ2n) is 5.37. The number of hydrogen-bond donors (Lipinski definition) is 1. The van der Waals surface area contributed by atoms with Gasteiger partial charge in [0.15, 0.2) is 17.3 Å². The normalized spacial score (nSPS) is 12.2. The van der Waals surface area contributed by atoms with Gasteiger partial charge in [0, 0.05) is 23.9 Å². The highest BCUT2D eigenvalue weighted by Crippen LogP contribution is 2.32. The van der Waals surface area contributed by atoms with Crippen LogP contribution in [-0.4, -0.2) is 27.5 Å². The first kappa shape index (κ1) is 14.3. The summed E-state index contributed by atoms with van der Waals surface area (Å²) >= 11 is 0. The average Bonchev–Trinajstić information content (AvgIpc) is 3.22. The van der Waals surface area contributed by atoms with Crippen LogP contribution in [0.2, 0.25) is 0 Å². The lowest BCUT2D eigenvalue weighted by Crippen LogP contribution is -2.11. The van der Waals surface area contributed by atoms with E-state index in [-0.39, 0.29) is 12.7 Å². The number of ether oxygens (including phenoxy) is 2. The summed E-state index contributed by atoms with van der Waals surface area (Å²) in [7, 11) is 1.87. The zero-order valence-electron chi connectivity index (χ0n) is 12.9. The lowest BCUT2D eigenvalue weighted by Gasteiger charge is -2.08. The predicted octanol–water partition coefficient (Wildman–Crippen LogP) is 2.46. The van der Waals surface area contributed by atoms with Crippen LogP contribution < -0.4 is 14.8 Å². The molecule has 0 atom stereocenters. The third-order valence-electron chi connectivity index (χ3n) is 3.72. The van der Waals surface area contributed by atoms with Crippen LogP contribution in [0.5, 0.6) is 11.5 Å². The van der Waals surface area contributed by atoms with Crippen LogP contribution in [0.4, 0.5) is 5.69 Å². The fraction of sp³-hybridized carbons (Fsp3) is 0.118. The maximum Gasteiger partial charge on any atom is 0.255 e. The van der Waals surface area contributed by atoms with E-state index in [0.29, 0.717) is 22.7 Å². The summed E-state index contributed by atoms with van der Waals surface area (Å²) < 4.78 is 12.4. The molecule has 24 heavy (non-hydrogen) atoms. The number of nitrogens with zero attached hydrogens (tertiary/aromatic N) is 3. The quantitative estimate of drug-likeness (QED) is 0.801. The summed E-state index contributed by atoms with van der Waals surface area (Å²) in [5.41, 5.74) is 2.06. The van der Waals surface area contributed by atoms with E-state index in [0.717, 1.165) is 11.4 Å². The van der Waals surface area contributed by atoms with Crippen molar-refractivity contribution in [1.29, 1.82) is 0 Å². The Hall–Kier alpha value is -3.35. The molecule has 2 heterocycles. The number of nitrogens with one attached hydrogen (secondary N) is 1. The minimum atomic E-state index is -0.219. The Balaban J connectivity index is 1.57. The molecule has 4 rings (SSSR count). The van der Waals surface area contributed by atoms with Crippen LogP contribution in [0.3, 0.4) is 0 Å². The number of aromatic nitrogens is 3. The lowest BCUT2D eigenvalue weighted by atomic mass is 10.1. The van der Waals surface area contributed by atoms with E-state index < -0.39 is 0 Å². The van der Waals surface area contributed by atoms with Crippen molar-refractivity contribution < 1.29 is 14.3 Å². The van der Waals surface area contributed by atoms with Crippen LogP contribution in [0.1, 0.15) is 10.4 Å². The molecule has 1 amide bonds. The molecule has 0 radical (unpaired) electrons. The molecule has 2 aromatic carbocycles. The minimum absolute atomic E-state index is 0.181. The van der Waals surface area contributed by atoms with Gasteiger partial charge in [-0.05, 0) is 30.3 Å². The summed E-state index contributed by atoms with van der Waals surface area (Å²) in [5, 5.41) is 10.8. The van der Waals surface area contributed by atoms with Crippen molar-refractivity contribution in [3.05, 3.63) is 54.4 Å². The Bertz CT molecular complexity index is 920. The summed E-state index contributed by atoms with van der Waals surface area (Å²) in [6.45, 7) is 0.181. The van der Waals surface area contributed by atoms with E-state index in [4.69, 9.17) is 9.47 Å². The van der Waals surface area contributed by atoms with Crippen LogP contribution in [0.25, 0.3) is 11.4 Å². The standard InChI is InChI=1S/C17H14N4O3/c1-21-9-18-20-16(21)11-3-2-4-13(7-11)19-17(22)12-5-6-14-15(8-12)24-10-23-14/h2-9H,10H2,1H3,(H,19,22). The number of amides is 1. The number of anilines is 1. The summed E-state index contributed by atoms with van der Waals surface area (Å²) in [5.74, 6) is 1.74. The van der Waals surface area contributed by atoms with Crippen molar-refractivity contribution in [1.82, 2.24) is 14.8 Å². The number of hydrogen-bond acceptors (Lipinski definition) is 5. The van der Waals surface area contributed by atoms with Gasteiger partial charge in [-0.15, -0.1) is 10.2 Å². The molecule has 7 nitrogen and oxygen atoms in total. The number of fused-ring (bicyclic) bond motifs is 1. The molecule has 0 fully saturated rings. The average molecular weight is 322 g/mol. The van der Waals surface area contributed by atoms with Gasteiger partial charge in [0.2, 0.25) is 6.79 Å². The van der Waals surface area contributed by atoms with Crippen LogP contribution in [0, 0.1) is 0 Å². The highest BCUT2D eigenvalue weighted by Gasteiger charge is 2.16. The number of carbonyl (C=O) groups is 1. The van der Waals surface area contributed by atoms with Crippen LogP contribution >= 0.6 is 0 Å². The molecule has 3 aromatic rings. The van der Waals surface area contributed by atoms with E-state index in [9.17, 15) is 4.79 Å². The second-order valence-corrected chi connectivity index (χ2v) is 5.37. The summed E-state index contributed by atoms with van der Waals surface area (Å²) in [6.07, 6.45) is 1.63. The SMILES string of the molecule is Cn1cnnc1-c1cccc(NC(=O)c2ccc3c(c2)OCO3)c1. The highest BCUT2D eigenvalue weighted by atomic mass is 16.7. The van der Waals surface area contributed by atoms with Crippen molar-refractivity contribution in [3.8, 4) is 22.9 Å². The molecular formula is C17H14N4O3. The molecule has 120 valence electrons. The third kappa shape index (κ3) is 2.56. The molecule has 1 aliphatic heterocycles. The van der Waals surface area contributed by atoms with Gasteiger partial charge < -0.3 is 19.4 Å². The van der Waals surface area contributed by atoms with Crippen molar-refractivity contribution in [3.63, 3.8) is 0 Å². The lowest BCUT2D eigenvalue weighted by molar-refractivity contribution is 0.102. The topological polar surface area (TPSA) is 78.3 Å². The van der Waals surface area contributed by atoms with Crippen LogP contribution in [-0.2, 0) is 7.05 Å². The minimum Gasteiger partial charge on any atom is -0.454 e. The van der Waals surface area contributed by atoms with E-state index in [1.54, 1.807) is 24.5 Å². The molecular weight excluding hydrogens is 308 g/mol. The molecule has 1 aromatic heterocycles. The number of aryl methyl sites for hydroxylation is 1. The van der Waals surface area contributed by atoms with E-state index in [1.165, 1.54) is 0 Å². The Morgan fingerprint density at radius 1 is 1.17 bits per heavy atom. The largest absolute Gasteiger partial charge is 0.454 e. The number of rotatable bonds is 3. The first-order valence-corrected chi connectivity index (χ1v) is 7.36. The van der Waals surface area contributed by atoms with Gasteiger partial charge in [-0.2, -0.15) is 0 Å². The number of benzene rings is 2. The fourth-order valence-corrected chi connectivity index (χ4v) is 2.52. The van der Waals surface area contributed by atoms with Gasteiger partial charge in [0.25, 0.3) is 5.91 Å². The molecule has 0 unspecified atom stereocenters. The molecule has 0 spiro atoms. The smallest absolute Gasteiger partial charge is 0.255 e. The maximum absolute atomic E-state index is 12.4. The fourth-order valence-electron chi connectivity index (χ4n) is 2.52. The monoisotopic (exact) mass is 322 g/mol. The first-order valence-electron chi connectivity index (χ1n) is 7.36. The van der Waals surface area contributed by atoms with Gasteiger partial charge in [-0.1, -0.05) is 12.1 Å². The van der Waals surface area contributed by atoms with Crippen molar-refractivity contribution >= 4 is 11.6 Å². The molecule has 1 N–H and O–H groups in total. The first-order chi connectivity index (χ1) is 11.7. The Labute approximate surface area is 137 Å². The molecule has 0 saturated carbocycles. The van der Waals surface area contributed by atoms with Gasteiger partial charge in [-0.3, -0.25) is 4.79 Å². The summed E-state index contributed by atoms with van der Waals surface area (Å²) in [4.78, 5) is 12.4. The van der Waals surface area contributed by atoms with Crippen molar-refractivity contribution in [2.75, 3.05) is 12.1 Å². The van der Waals surface area contributed by atoms with E-state index in [1.807, 2.05) is 35.9 Å². The van der Waals surface area contributed by atoms with Gasteiger partial charge in [0.05, 0.1) is 0 Å². The second kappa shape index (κ2) is 5.69. The van der Waals surface area contributed by atoms with Gasteiger partial charge in [0.1, 0.15) is 6.33 Å². The zero-order valence-corrected chi connectivity index (χ0v) is 12.9. The Kier molecular flexibility index (Phi) is 3.38. The predicted molar refractivity (Wildman–Crippen MR) is 87.0 cm³/mol. The molecule has 1 aliphatic rings. The van der Waals surface area contributed by atoms with Crippen molar-refractivity contribution in [2.24, 2.45) is 7.05 Å². The summed E-state index contributed by atoms with van der Waals surface area (Å²) in [6, 6.07) is 12.6. The van der Waals surface area contributed by atoms with Crippen molar-refractivity contribution in [2.45, 2.75) is 0 Å². The third-order valence-corrected chi connectivity index (χ3v) is 3.72. The Morgan fingerprint density at radius 3 is 2.88 bits per heavy atom. The Morgan fingerprint density at radius 2 is 2.04 bits per heavy atom.